The van der Waals surface area contributed by atoms with Crippen molar-refractivity contribution in [2.45, 2.75) is 6.18 Å². The van der Waals surface area contributed by atoms with Crippen LogP contribution in [0.2, 0.25) is 5.02 Å². The lowest BCUT2D eigenvalue weighted by atomic mass is 10.0. The average Bonchev–Trinajstić information content (AvgIpc) is 2.46. The van der Waals surface area contributed by atoms with Crippen LogP contribution < -0.4 is 5.43 Å². The molecule has 0 atom stereocenters. The van der Waals surface area contributed by atoms with Crippen molar-refractivity contribution in [1.29, 1.82) is 0 Å². The maximum Gasteiger partial charge on any atom is 0.449 e. The van der Waals surface area contributed by atoms with Crippen molar-refractivity contribution in [3.63, 3.8) is 0 Å². The first-order valence-corrected chi connectivity index (χ1v) is 6.64. The van der Waals surface area contributed by atoms with E-state index < -0.39 is 17.4 Å². The van der Waals surface area contributed by atoms with E-state index in [0.29, 0.717) is 22.2 Å². The molecule has 0 amide bonds. The van der Waals surface area contributed by atoms with E-state index >= 15 is 0 Å². The number of fused-ring (bicyclic) bond motifs is 1. The maximum absolute atomic E-state index is 12.7. The van der Waals surface area contributed by atoms with Gasteiger partial charge >= 0.3 is 6.18 Å². The van der Waals surface area contributed by atoms with Gasteiger partial charge in [-0.25, -0.2) is 0 Å². The van der Waals surface area contributed by atoms with Gasteiger partial charge in [0, 0.05) is 16.7 Å². The zero-order valence-corrected chi connectivity index (χ0v) is 11.7. The van der Waals surface area contributed by atoms with Gasteiger partial charge in [0.15, 0.2) is 5.43 Å². The van der Waals surface area contributed by atoms with E-state index in [2.05, 4.69) is 0 Å². The van der Waals surface area contributed by atoms with Crippen LogP contribution in [0, 0.1) is 0 Å². The summed E-state index contributed by atoms with van der Waals surface area (Å²) in [6.45, 7) is 0. The van der Waals surface area contributed by atoms with Crippen LogP contribution in [0.5, 0.6) is 0 Å². The highest BCUT2D eigenvalue weighted by Crippen LogP contribution is 2.33. The molecule has 0 fully saturated rings. The highest BCUT2D eigenvalue weighted by Gasteiger charge is 2.34. The molecule has 1 aromatic heterocycles. The van der Waals surface area contributed by atoms with E-state index in [0.717, 1.165) is 0 Å². The van der Waals surface area contributed by atoms with Crippen molar-refractivity contribution in [2.75, 3.05) is 0 Å². The molecule has 3 aromatic rings. The van der Waals surface area contributed by atoms with Gasteiger partial charge < -0.3 is 4.42 Å². The summed E-state index contributed by atoms with van der Waals surface area (Å²) in [6, 6.07) is 11.8. The standard InChI is InChI=1S/C16H8ClF3O2/c17-12-4-2-1-3-10(12)9-5-6-11-13(21)8-15(16(18,19)20)22-14(11)7-9/h1-8H. The van der Waals surface area contributed by atoms with E-state index in [1.807, 2.05) is 0 Å². The Morgan fingerprint density at radius 2 is 1.73 bits per heavy atom. The Balaban J connectivity index is 2.25. The van der Waals surface area contributed by atoms with Gasteiger partial charge in [-0.1, -0.05) is 35.9 Å². The third-order valence-corrected chi connectivity index (χ3v) is 3.52. The Hall–Kier alpha value is -2.27. The Bertz CT molecular complexity index is 913. The first-order chi connectivity index (χ1) is 10.4. The molecule has 0 aliphatic rings. The van der Waals surface area contributed by atoms with E-state index in [4.69, 9.17) is 16.0 Å². The lowest BCUT2D eigenvalue weighted by Gasteiger charge is -2.08. The molecule has 0 unspecified atom stereocenters. The molecule has 6 heteroatoms. The number of benzene rings is 2. The topological polar surface area (TPSA) is 30.2 Å². The van der Waals surface area contributed by atoms with Crippen LogP contribution >= 0.6 is 11.6 Å². The fourth-order valence-corrected chi connectivity index (χ4v) is 2.40. The summed E-state index contributed by atoms with van der Waals surface area (Å²) >= 11 is 6.07. The molecule has 3 rings (SSSR count). The predicted octanol–water partition coefficient (Wildman–Crippen LogP) is 5.13. The Morgan fingerprint density at radius 1 is 1.00 bits per heavy atom. The van der Waals surface area contributed by atoms with Crippen LogP contribution in [0.4, 0.5) is 13.2 Å². The normalized spacial score (nSPS) is 11.8. The molecule has 0 saturated heterocycles. The lowest BCUT2D eigenvalue weighted by molar-refractivity contribution is -0.152. The van der Waals surface area contributed by atoms with Crippen LogP contribution in [0.3, 0.4) is 0 Å². The Morgan fingerprint density at radius 3 is 2.41 bits per heavy atom. The molecule has 1 heterocycles. The third-order valence-electron chi connectivity index (χ3n) is 3.19. The van der Waals surface area contributed by atoms with Crippen LogP contribution in [-0.2, 0) is 6.18 Å². The first kappa shape index (κ1) is 14.7. The van der Waals surface area contributed by atoms with Crippen molar-refractivity contribution in [3.8, 4) is 11.1 Å². The molecule has 0 N–H and O–H groups in total. The van der Waals surface area contributed by atoms with Gasteiger partial charge in [-0.15, -0.1) is 0 Å². The molecule has 0 bridgehead atoms. The number of rotatable bonds is 1. The molecule has 0 aliphatic carbocycles. The predicted molar refractivity (Wildman–Crippen MR) is 77.9 cm³/mol. The SMILES string of the molecule is O=c1cc(C(F)(F)F)oc2cc(-c3ccccc3Cl)ccc12. The van der Waals surface area contributed by atoms with Crippen LogP contribution in [-0.4, -0.2) is 0 Å². The summed E-state index contributed by atoms with van der Waals surface area (Å²) in [7, 11) is 0. The zero-order chi connectivity index (χ0) is 15.9. The summed E-state index contributed by atoms with van der Waals surface area (Å²) in [5, 5.41) is 0.542. The van der Waals surface area contributed by atoms with Gasteiger partial charge in [0.25, 0.3) is 0 Å². The summed E-state index contributed by atoms with van der Waals surface area (Å²) in [5.41, 5.74) is 0.350. The molecule has 0 saturated carbocycles. The lowest BCUT2D eigenvalue weighted by Crippen LogP contribution is -2.10. The third kappa shape index (κ3) is 2.60. The second-order valence-corrected chi connectivity index (χ2v) is 5.07. The Kier molecular flexibility index (Phi) is 3.45. The van der Waals surface area contributed by atoms with Crippen LogP contribution in [0.1, 0.15) is 5.76 Å². The molecular formula is C16H8ClF3O2. The highest BCUT2D eigenvalue weighted by molar-refractivity contribution is 6.33. The van der Waals surface area contributed by atoms with Gasteiger partial charge in [-0.2, -0.15) is 13.2 Å². The summed E-state index contributed by atoms with van der Waals surface area (Å²) in [4.78, 5) is 11.8. The number of halogens is 4. The van der Waals surface area contributed by atoms with Gasteiger partial charge in [0.2, 0.25) is 5.76 Å². The van der Waals surface area contributed by atoms with Crippen LogP contribution in [0.15, 0.2) is 57.7 Å². The van der Waals surface area contributed by atoms with E-state index in [1.165, 1.54) is 12.1 Å². The number of hydrogen-bond acceptors (Lipinski definition) is 2. The monoisotopic (exact) mass is 324 g/mol. The fraction of sp³-hybridized carbons (Fsp3) is 0.0625. The van der Waals surface area contributed by atoms with Crippen molar-refractivity contribution >= 4 is 22.6 Å². The maximum atomic E-state index is 12.7. The molecule has 112 valence electrons. The van der Waals surface area contributed by atoms with Crippen molar-refractivity contribution in [1.82, 2.24) is 0 Å². The second kappa shape index (κ2) is 5.18. The van der Waals surface area contributed by atoms with E-state index in [9.17, 15) is 18.0 Å². The van der Waals surface area contributed by atoms with Crippen molar-refractivity contribution < 1.29 is 17.6 Å². The molecule has 2 aromatic carbocycles. The number of hydrogen-bond donors (Lipinski definition) is 0. The fourth-order valence-electron chi connectivity index (χ4n) is 2.16. The van der Waals surface area contributed by atoms with Crippen molar-refractivity contribution in [2.24, 2.45) is 0 Å². The summed E-state index contributed by atoms with van der Waals surface area (Å²) < 4.78 is 43.0. The summed E-state index contributed by atoms with van der Waals surface area (Å²) in [5.74, 6) is -1.32. The average molecular weight is 325 g/mol. The van der Waals surface area contributed by atoms with E-state index in [-0.39, 0.29) is 11.0 Å². The minimum absolute atomic E-state index is 0.0869. The molecule has 0 spiro atoms. The van der Waals surface area contributed by atoms with E-state index in [1.54, 1.807) is 30.3 Å². The van der Waals surface area contributed by atoms with Gasteiger partial charge in [-0.05, 0) is 23.8 Å². The summed E-state index contributed by atoms with van der Waals surface area (Å²) in [6.07, 6.45) is -4.71. The molecule has 22 heavy (non-hydrogen) atoms. The largest absolute Gasteiger partial charge is 0.451 e. The quantitative estimate of drug-likeness (QED) is 0.621. The molecule has 2 nitrogen and oxygen atoms in total. The molecular weight excluding hydrogens is 317 g/mol. The zero-order valence-electron chi connectivity index (χ0n) is 10.9. The molecule has 0 radical (unpaired) electrons. The number of alkyl halides is 3. The van der Waals surface area contributed by atoms with Crippen molar-refractivity contribution in [3.05, 3.63) is 69.5 Å². The van der Waals surface area contributed by atoms with Gasteiger partial charge in [0.1, 0.15) is 5.58 Å². The minimum atomic E-state index is -4.71. The second-order valence-electron chi connectivity index (χ2n) is 4.66. The smallest absolute Gasteiger partial charge is 0.449 e. The Labute approximate surface area is 127 Å². The van der Waals surface area contributed by atoms with Crippen LogP contribution in [0.25, 0.3) is 22.1 Å². The minimum Gasteiger partial charge on any atom is -0.451 e. The molecule has 0 aliphatic heterocycles. The van der Waals surface area contributed by atoms with Gasteiger partial charge in [-0.3, -0.25) is 4.79 Å². The first-order valence-electron chi connectivity index (χ1n) is 6.26. The highest BCUT2D eigenvalue weighted by atomic mass is 35.5. The van der Waals surface area contributed by atoms with Gasteiger partial charge in [0.05, 0.1) is 5.39 Å².